The minimum atomic E-state index is -0.261. The third-order valence-corrected chi connectivity index (χ3v) is 4.58. The van der Waals surface area contributed by atoms with Crippen molar-refractivity contribution in [2.24, 2.45) is 0 Å². The van der Waals surface area contributed by atoms with Crippen LogP contribution in [0.1, 0.15) is 5.56 Å². The molecule has 7 nitrogen and oxygen atoms in total. The molecule has 1 amide bonds. The van der Waals surface area contributed by atoms with Crippen molar-refractivity contribution in [3.8, 4) is 34.3 Å². The van der Waals surface area contributed by atoms with Gasteiger partial charge in [0.05, 0.1) is 7.11 Å². The number of ether oxygens (including phenoxy) is 2. The van der Waals surface area contributed by atoms with Gasteiger partial charge in [-0.05, 0) is 55.5 Å². The summed E-state index contributed by atoms with van der Waals surface area (Å²) in [6.45, 7) is 1.93. The maximum Gasteiger partial charge on any atom is 0.262 e. The first-order chi connectivity index (χ1) is 15.1. The van der Waals surface area contributed by atoms with Gasteiger partial charge in [0.15, 0.2) is 6.61 Å². The van der Waals surface area contributed by atoms with E-state index in [0.717, 1.165) is 16.9 Å². The first kappa shape index (κ1) is 20.2. The van der Waals surface area contributed by atoms with Crippen LogP contribution in [0.25, 0.3) is 22.8 Å². The number of rotatable bonds is 7. The Hall–Kier alpha value is -4.13. The molecule has 0 aliphatic carbocycles. The minimum Gasteiger partial charge on any atom is -0.497 e. The molecule has 0 aliphatic heterocycles. The summed E-state index contributed by atoms with van der Waals surface area (Å²) < 4.78 is 16.0. The SMILES string of the molecule is COc1ccc(OCC(=O)Nc2ccc(-c3nc(-c4ccc(C)cc4)no3)cc2)cc1. The topological polar surface area (TPSA) is 86.5 Å². The van der Waals surface area contributed by atoms with Crippen molar-refractivity contribution < 1.29 is 18.8 Å². The number of aromatic nitrogens is 2. The van der Waals surface area contributed by atoms with Crippen LogP contribution >= 0.6 is 0 Å². The molecule has 4 rings (SSSR count). The molecule has 0 aliphatic rings. The molecular weight excluding hydrogens is 394 g/mol. The third-order valence-electron chi connectivity index (χ3n) is 4.58. The Kier molecular flexibility index (Phi) is 5.93. The maximum absolute atomic E-state index is 12.1. The van der Waals surface area contributed by atoms with E-state index in [0.29, 0.717) is 23.2 Å². The Morgan fingerprint density at radius 1 is 0.903 bits per heavy atom. The van der Waals surface area contributed by atoms with Crippen molar-refractivity contribution in [3.63, 3.8) is 0 Å². The van der Waals surface area contributed by atoms with E-state index in [2.05, 4.69) is 15.5 Å². The summed E-state index contributed by atoms with van der Waals surface area (Å²) in [7, 11) is 1.59. The number of amides is 1. The zero-order valence-electron chi connectivity index (χ0n) is 17.2. The molecular formula is C24H21N3O4. The van der Waals surface area contributed by atoms with Crippen LogP contribution in [-0.2, 0) is 4.79 Å². The van der Waals surface area contributed by atoms with Crippen LogP contribution in [0, 0.1) is 6.92 Å². The Labute approximate surface area is 179 Å². The van der Waals surface area contributed by atoms with Crippen molar-refractivity contribution in [3.05, 3.63) is 78.4 Å². The molecule has 31 heavy (non-hydrogen) atoms. The summed E-state index contributed by atoms with van der Waals surface area (Å²) in [6.07, 6.45) is 0. The summed E-state index contributed by atoms with van der Waals surface area (Å²) in [4.78, 5) is 16.6. The number of anilines is 1. The summed E-state index contributed by atoms with van der Waals surface area (Å²) in [5, 5.41) is 6.84. The lowest BCUT2D eigenvalue weighted by Crippen LogP contribution is -2.20. The number of aryl methyl sites for hydroxylation is 1. The molecule has 0 saturated heterocycles. The fraction of sp³-hybridized carbons (Fsp3) is 0.125. The highest BCUT2D eigenvalue weighted by Gasteiger charge is 2.11. The fourth-order valence-corrected chi connectivity index (χ4v) is 2.87. The van der Waals surface area contributed by atoms with E-state index in [-0.39, 0.29) is 12.5 Å². The minimum absolute atomic E-state index is 0.0996. The molecule has 1 N–H and O–H groups in total. The van der Waals surface area contributed by atoms with Crippen LogP contribution < -0.4 is 14.8 Å². The zero-order valence-corrected chi connectivity index (χ0v) is 17.2. The largest absolute Gasteiger partial charge is 0.497 e. The van der Waals surface area contributed by atoms with Crippen LogP contribution in [-0.4, -0.2) is 29.8 Å². The Balaban J connectivity index is 1.34. The number of methoxy groups -OCH3 is 1. The lowest BCUT2D eigenvalue weighted by molar-refractivity contribution is -0.118. The second kappa shape index (κ2) is 9.13. The standard InChI is InChI=1S/C24H21N3O4/c1-16-3-5-17(6-4-16)23-26-24(31-27-23)18-7-9-19(10-8-18)25-22(28)15-30-21-13-11-20(29-2)12-14-21/h3-14H,15H2,1-2H3,(H,25,28). The molecule has 0 bridgehead atoms. The molecule has 0 atom stereocenters. The van der Waals surface area contributed by atoms with Crippen molar-refractivity contribution >= 4 is 11.6 Å². The molecule has 0 saturated carbocycles. The second-order valence-electron chi connectivity index (χ2n) is 6.88. The zero-order chi connectivity index (χ0) is 21.6. The van der Waals surface area contributed by atoms with Gasteiger partial charge in [0.2, 0.25) is 5.82 Å². The van der Waals surface area contributed by atoms with E-state index in [1.54, 1.807) is 43.5 Å². The number of hydrogen-bond acceptors (Lipinski definition) is 6. The molecule has 7 heteroatoms. The molecule has 156 valence electrons. The predicted molar refractivity (Wildman–Crippen MR) is 117 cm³/mol. The van der Waals surface area contributed by atoms with Gasteiger partial charge in [-0.15, -0.1) is 0 Å². The van der Waals surface area contributed by atoms with Crippen LogP contribution in [0.2, 0.25) is 0 Å². The molecule has 0 radical (unpaired) electrons. The van der Waals surface area contributed by atoms with E-state index in [1.165, 1.54) is 5.56 Å². The number of carbonyl (C=O) groups excluding carboxylic acids is 1. The predicted octanol–water partition coefficient (Wildman–Crippen LogP) is 4.74. The number of nitrogens with zero attached hydrogens (tertiary/aromatic N) is 2. The first-order valence-corrected chi connectivity index (χ1v) is 9.68. The Morgan fingerprint density at radius 3 is 2.23 bits per heavy atom. The summed E-state index contributed by atoms with van der Waals surface area (Å²) in [6, 6.07) is 22.1. The van der Waals surface area contributed by atoms with Gasteiger partial charge < -0.3 is 19.3 Å². The molecule has 0 spiro atoms. The highest BCUT2D eigenvalue weighted by Crippen LogP contribution is 2.24. The summed E-state index contributed by atoms with van der Waals surface area (Å²) >= 11 is 0. The summed E-state index contributed by atoms with van der Waals surface area (Å²) in [5.41, 5.74) is 3.46. The average Bonchev–Trinajstić information content (AvgIpc) is 3.29. The van der Waals surface area contributed by atoms with E-state index < -0.39 is 0 Å². The molecule has 4 aromatic rings. The Morgan fingerprint density at radius 2 is 1.55 bits per heavy atom. The third kappa shape index (κ3) is 5.08. The monoisotopic (exact) mass is 415 g/mol. The van der Waals surface area contributed by atoms with E-state index in [4.69, 9.17) is 14.0 Å². The van der Waals surface area contributed by atoms with Gasteiger partial charge in [-0.2, -0.15) is 4.98 Å². The molecule has 3 aromatic carbocycles. The van der Waals surface area contributed by atoms with Gasteiger partial charge in [0, 0.05) is 16.8 Å². The highest BCUT2D eigenvalue weighted by atomic mass is 16.5. The van der Waals surface area contributed by atoms with Crippen molar-refractivity contribution in [2.45, 2.75) is 6.92 Å². The van der Waals surface area contributed by atoms with Gasteiger partial charge in [0.25, 0.3) is 11.8 Å². The second-order valence-corrected chi connectivity index (χ2v) is 6.88. The first-order valence-electron chi connectivity index (χ1n) is 9.68. The highest BCUT2D eigenvalue weighted by molar-refractivity contribution is 5.92. The number of hydrogen-bond donors (Lipinski definition) is 1. The maximum atomic E-state index is 12.1. The molecule has 1 heterocycles. The fourth-order valence-electron chi connectivity index (χ4n) is 2.87. The number of carbonyl (C=O) groups is 1. The van der Waals surface area contributed by atoms with Gasteiger partial charge >= 0.3 is 0 Å². The number of nitrogens with one attached hydrogen (secondary N) is 1. The number of benzene rings is 3. The lowest BCUT2D eigenvalue weighted by atomic mass is 10.1. The van der Waals surface area contributed by atoms with Gasteiger partial charge in [-0.25, -0.2) is 0 Å². The normalized spacial score (nSPS) is 10.5. The van der Waals surface area contributed by atoms with Crippen molar-refractivity contribution in [1.29, 1.82) is 0 Å². The molecule has 0 unspecified atom stereocenters. The van der Waals surface area contributed by atoms with Crippen LogP contribution in [0.5, 0.6) is 11.5 Å². The van der Waals surface area contributed by atoms with E-state index in [9.17, 15) is 4.79 Å². The van der Waals surface area contributed by atoms with Gasteiger partial charge in [0.1, 0.15) is 11.5 Å². The van der Waals surface area contributed by atoms with E-state index >= 15 is 0 Å². The van der Waals surface area contributed by atoms with Gasteiger partial charge in [-0.1, -0.05) is 35.0 Å². The Bertz CT molecular complexity index is 1150. The summed E-state index contributed by atoms with van der Waals surface area (Å²) in [5.74, 6) is 2.00. The van der Waals surface area contributed by atoms with Crippen molar-refractivity contribution in [2.75, 3.05) is 19.0 Å². The van der Waals surface area contributed by atoms with Crippen LogP contribution in [0.4, 0.5) is 5.69 Å². The molecule has 0 fully saturated rings. The van der Waals surface area contributed by atoms with Crippen molar-refractivity contribution in [1.82, 2.24) is 10.1 Å². The smallest absolute Gasteiger partial charge is 0.262 e. The quantitative estimate of drug-likeness (QED) is 0.469. The van der Waals surface area contributed by atoms with E-state index in [1.807, 2.05) is 43.3 Å². The lowest BCUT2D eigenvalue weighted by Gasteiger charge is -2.08. The average molecular weight is 415 g/mol. The van der Waals surface area contributed by atoms with Crippen LogP contribution in [0.15, 0.2) is 77.3 Å². The van der Waals surface area contributed by atoms with Gasteiger partial charge in [-0.3, -0.25) is 4.79 Å². The van der Waals surface area contributed by atoms with Crippen LogP contribution in [0.3, 0.4) is 0 Å². The molecule has 1 aromatic heterocycles.